The fourth-order valence-corrected chi connectivity index (χ4v) is 1.58. The third-order valence-corrected chi connectivity index (χ3v) is 2.36. The molecule has 1 heterocycles. The summed E-state index contributed by atoms with van der Waals surface area (Å²) in [5.74, 6) is 0.858. The zero-order chi connectivity index (χ0) is 8.97. The molecule has 0 bridgehead atoms. The molecule has 0 unspecified atom stereocenters. The van der Waals surface area contributed by atoms with Gasteiger partial charge in [-0.2, -0.15) is 0 Å². The van der Waals surface area contributed by atoms with E-state index < -0.39 is 0 Å². The maximum atomic E-state index is 7.23. The van der Waals surface area contributed by atoms with Crippen LogP contribution in [0.25, 0.3) is 0 Å². The van der Waals surface area contributed by atoms with Crippen molar-refractivity contribution >= 4 is 5.96 Å². The highest BCUT2D eigenvalue weighted by molar-refractivity contribution is 5.74. The lowest BCUT2D eigenvalue weighted by atomic mass is 9.98. The van der Waals surface area contributed by atoms with Crippen molar-refractivity contribution in [2.45, 2.75) is 12.8 Å². The monoisotopic (exact) mass is 171 g/mol. The Morgan fingerprint density at radius 1 is 1.58 bits per heavy atom. The van der Waals surface area contributed by atoms with Crippen molar-refractivity contribution in [2.24, 2.45) is 11.7 Å². The standard InChI is InChI=1S/C8H17N3O/c1-12-6-7-2-4-11(5-3-7)8(9)10/h7H,2-6H2,1H3,(H3,9,10). The molecular formula is C8H17N3O. The molecule has 1 rings (SSSR count). The van der Waals surface area contributed by atoms with E-state index >= 15 is 0 Å². The van der Waals surface area contributed by atoms with E-state index in [1.54, 1.807) is 7.11 Å². The Labute approximate surface area is 73.2 Å². The molecule has 0 saturated carbocycles. The Bertz CT molecular complexity index is 152. The number of rotatable bonds is 2. The molecule has 0 aromatic rings. The van der Waals surface area contributed by atoms with Crippen molar-refractivity contribution in [2.75, 3.05) is 26.8 Å². The summed E-state index contributed by atoms with van der Waals surface area (Å²) in [5, 5.41) is 7.23. The molecule has 0 aromatic heterocycles. The van der Waals surface area contributed by atoms with Crippen LogP contribution in [-0.2, 0) is 4.74 Å². The Hall–Kier alpha value is -0.770. The van der Waals surface area contributed by atoms with E-state index in [9.17, 15) is 0 Å². The molecule has 1 aliphatic heterocycles. The first-order valence-electron chi connectivity index (χ1n) is 4.32. The highest BCUT2D eigenvalue weighted by atomic mass is 16.5. The number of methoxy groups -OCH3 is 1. The predicted octanol–water partition coefficient (Wildman–Crippen LogP) is 0.238. The van der Waals surface area contributed by atoms with E-state index in [4.69, 9.17) is 15.9 Å². The molecule has 0 amide bonds. The third-order valence-electron chi connectivity index (χ3n) is 2.36. The van der Waals surface area contributed by atoms with E-state index in [0.717, 1.165) is 32.5 Å². The molecule has 1 aliphatic rings. The first-order chi connectivity index (χ1) is 5.74. The number of hydrogen-bond acceptors (Lipinski definition) is 2. The number of hydrogen-bond donors (Lipinski definition) is 2. The van der Waals surface area contributed by atoms with E-state index in [1.165, 1.54) is 0 Å². The Morgan fingerprint density at radius 3 is 2.58 bits per heavy atom. The SMILES string of the molecule is COCC1CCN(C(=N)N)CC1. The van der Waals surface area contributed by atoms with Gasteiger partial charge in [-0.15, -0.1) is 0 Å². The second kappa shape index (κ2) is 4.30. The van der Waals surface area contributed by atoms with Crippen LogP contribution in [0, 0.1) is 11.3 Å². The lowest BCUT2D eigenvalue weighted by Gasteiger charge is -2.31. The number of guanidine groups is 1. The van der Waals surface area contributed by atoms with Crippen LogP contribution >= 0.6 is 0 Å². The summed E-state index contributed by atoms with van der Waals surface area (Å²) in [6, 6.07) is 0. The molecule has 0 aliphatic carbocycles. The molecule has 70 valence electrons. The van der Waals surface area contributed by atoms with Gasteiger partial charge in [0.1, 0.15) is 0 Å². The van der Waals surface area contributed by atoms with Crippen LogP contribution in [0.15, 0.2) is 0 Å². The van der Waals surface area contributed by atoms with E-state index in [2.05, 4.69) is 0 Å². The second-order valence-electron chi connectivity index (χ2n) is 3.27. The zero-order valence-corrected chi connectivity index (χ0v) is 7.55. The van der Waals surface area contributed by atoms with Gasteiger partial charge >= 0.3 is 0 Å². The average Bonchev–Trinajstić information content (AvgIpc) is 2.06. The van der Waals surface area contributed by atoms with Gasteiger partial charge in [-0.1, -0.05) is 0 Å². The van der Waals surface area contributed by atoms with E-state index in [0.29, 0.717) is 5.92 Å². The lowest BCUT2D eigenvalue weighted by Crippen LogP contribution is -2.42. The summed E-state index contributed by atoms with van der Waals surface area (Å²) in [6.07, 6.45) is 2.18. The largest absolute Gasteiger partial charge is 0.384 e. The molecule has 4 heteroatoms. The maximum absolute atomic E-state index is 7.23. The Morgan fingerprint density at radius 2 is 2.17 bits per heavy atom. The first-order valence-corrected chi connectivity index (χ1v) is 4.32. The zero-order valence-electron chi connectivity index (χ0n) is 7.55. The van der Waals surface area contributed by atoms with Gasteiger partial charge in [0.15, 0.2) is 5.96 Å². The van der Waals surface area contributed by atoms with Gasteiger partial charge in [-0.05, 0) is 18.8 Å². The number of nitrogens with two attached hydrogens (primary N) is 1. The number of piperidine rings is 1. The topological polar surface area (TPSA) is 62.3 Å². The molecule has 0 aromatic carbocycles. The molecule has 0 radical (unpaired) electrons. The molecular weight excluding hydrogens is 154 g/mol. The molecule has 4 nitrogen and oxygen atoms in total. The van der Waals surface area contributed by atoms with Gasteiger partial charge in [-0.3, -0.25) is 5.41 Å². The fraction of sp³-hybridized carbons (Fsp3) is 0.875. The smallest absolute Gasteiger partial charge is 0.188 e. The van der Waals surface area contributed by atoms with Crippen LogP contribution in [0.1, 0.15) is 12.8 Å². The molecule has 0 atom stereocenters. The van der Waals surface area contributed by atoms with Crippen LogP contribution in [0.3, 0.4) is 0 Å². The fourth-order valence-electron chi connectivity index (χ4n) is 1.58. The third kappa shape index (κ3) is 2.37. The van der Waals surface area contributed by atoms with Crippen molar-refractivity contribution < 1.29 is 4.74 Å². The van der Waals surface area contributed by atoms with Gasteiger partial charge in [-0.25, -0.2) is 0 Å². The van der Waals surface area contributed by atoms with Crippen molar-refractivity contribution in [3.8, 4) is 0 Å². The molecule has 1 saturated heterocycles. The highest BCUT2D eigenvalue weighted by Crippen LogP contribution is 2.16. The Kier molecular flexibility index (Phi) is 3.34. The number of ether oxygens (including phenoxy) is 1. The summed E-state index contributed by atoms with van der Waals surface area (Å²) in [5.41, 5.74) is 5.36. The summed E-state index contributed by atoms with van der Waals surface area (Å²) in [4.78, 5) is 1.91. The molecule has 3 N–H and O–H groups in total. The van der Waals surface area contributed by atoms with Crippen molar-refractivity contribution in [1.29, 1.82) is 5.41 Å². The van der Waals surface area contributed by atoms with Crippen LogP contribution in [0.4, 0.5) is 0 Å². The highest BCUT2D eigenvalue weighted by Gasteiger charge is 2.19. The average molecular weight is 171 g/mol. The second-order valence-corrected chi connectivity index (χ2v) is 3.27. The quantitative estimate of drug-likeness (QED) is 0.462. The Balaban J connectivity index is 2.25. The lowest BCUT2D eigenvalue weighted by molar-refractivity contribution is 0.118. The van der Waals surface area contributed by atoms with Crippen molar-refractivity contribution in [3.63, 3.8) is 0 Å². The van der Waals surface area contributed by atoms with Gasteiger partial charge in [0.25, 0.3) is 0 Å². The van der Waals surface area contributed by atoms with E-state index in [1.807, 2.05) is 4.90 Å². The van der Waals surface area contributed by atoms with Gasteiger partial charge in [0.05, 0.1) is 0 Å². The molecule has 0 spiro atoms. The van der Waals surface area contributed by atoms with Crippen LogP contribution in [0.2, 0.25) is 0 Å². The van der Waals surface area contributed by atoms with E-state index in [-0.39, 0.29) is 5.96 Å². The summed E-state index contributed by atoms with van der Waals surface area (Å²) in [7, 11) is 1.73. The number of likely N-dealkylation sites (tertiary alicyclic amines) is 1. The van der Waals surface area contributed by atoms with Crippen molar-refractivity contribution in [1.82, 2.24) is 4.90 Å². The molecule has 1 fully saturated rings. The summed E-state index contributed by atoms with van der Waals surface area (Å²) < 4.78 is 5.07. The van der Waals surface area contributed by atoms with Crippen LogP contribution < -0.4 is 5.73 Å². The van der Waals surface area contributed by atoms with Gasteiger partial charge in [0.2, 0.25) is 0 Å². The van der Waals surface area contributed by atoms with Gasteiger partial charge in [0, 0.05) is 26.8 Å². The minimum Gasteiger partial charge on any atom is -0.384 e. The van der Waals surface area contributed by atoms with Gasteiger partial charge < -0.3 is 15.4 Å². The van der Waals surface area contributed by atoms with Crippen LogP contribution in [0.5, 0.6) is 0 Å². The normalized spacial score (nSPS) is 19.6. The predicted molar refractivity (Wildman–Crippen MR) is 48.1 cm³/mol. The minimum absolute atomic E-state index is 0.200. The van der Waals surface area contributed by atoms with Crippen molar-refractivity contribution in [3.05, 3.63) is 0 Å². The summed E-state index contributed by atoms with van der Waals surface area (Å²) >= 11 is 0. The summed E-state index contributed by atoms with van der Waals surface area (Å²) in [6.45, 7) is 2.65. The maximum Gasteiger partial charge on any atom is 0.188 e. The van der Waals surface area contributed by atoms with Crippen LogP contribution in [-0.4, -0.2) is 37.7 Å². The minimum atomic E-state index is 0.200. The number of nitrogens with zero attached hydrogens (tertiary/aromatic N) is 1. The molecule has 12 heavy (non-hydrogen) atoms. The number of nitrogens with one attached hydrogen (secondary N) is 1. The first kappa shape index (κ1) is 9.32.